The zero-order chi connectivity index (χ0) is 20.5. The van der Waals surface area contributed by atoms with E-state index in [-0.39, 0.29) is 6.17 Å². The van der Waals surface area contributed by atoms with Crippen LogP contribution in [0.2, 0.25) is 5.02 Å². The summed E-state index contributed by atoms with van der Waals surface area (Å²) in [7, 11) is 0. The topological polar surface area (TPSA) is 30.9 Å². The lowest BCUT2D eigenvalue weighted by Crippen LogP contribution is -2.47. The number of piperazine rings is 1. The monoisotopic (exact) mass is 436 g/mol. The maximum Gasteiger partial charge on any atom is 0.133 e. The lowest BCUT2D eigenvalue weighted by atomic mass is 9.98. The van der Waals surface area contributed by atoms with Crippen LogP contribution in [0.15, 0.2) is 59.6 Å². The average molecular weight is 437 g/mol. The lowest BCUT2D eigenvalue weighted by molar-refractivity contribution is 0.0948. The molecule has 1 atom stereocenters. The first-order valence-electron chi connectivity index (χ1n) is 10.4. The summed E-state index contributed by atoms with van der Waals surface area (Å²) in [5, 5.41) is 5.36. The van der Waals surface area contributed by atoms with Gasteiger partial charge in [0.2, 0.25) is 0 Å². The van der Waals surface area contributed by atoms with Crippen LogP contribution in [0.3, 0.4) is 0 Å². The first-order valence-corrected chi connectivity index (χ1v) is 11.6. The van der Waals surface area contributed by atoms with Crippen LogP contribution in [0.5, 0.6) is 0 Å². The second-order valence-corrected chi connectivity index (χ2v) is 9.54. The van der Waals surface area contributed by atoms with Crippen LogP contribution in [0, 0.1) is 6.92 Å². The van der Waals surface area contributed by atoms with Gasteiger partial charge in [-0.05, 0) is 30.2 Å². The minimum atomic E-state index is 0.0655. The predicted molar refractivity (Wildman–Crippen MR) is 128 cm³/mol. The molecule has 3 heterocycles. The van der Waals surface area contributed by atoms with Crippen molar-refractivity contribution in [3.05, 3.63) is 75.6 Å². The van der Waals surface area contributed by atoms with Crippen LogP contribution in [-0.4, -0.2) is 42.3 Å². The molecule has 30 heavy (non-hydrogen) atoms. The third-order valence-corrected chi connectivity index (χ3v) is 7.23. The molecule has 2 aromatic carbocycles. The second kappa shape index (κ2) is 8.52. The van der Waals surface area contributed by atoms with E-state index in [0.717, 1.165) is 37.7 Å². The Hall–Kier alpha value is -2.18. The molecule has 1 fully saturated rings. The number of rotatable bonds is 4. The van der Waals surface area contributed by atoms with Gasteiger partial charge in [-0.3, -0.25) is 14.8 Å². The van der Waals surface area contributed by atoms with Gasteiger partial charge in [0.25, 0.3) is 0 Å². The lowest BCUT2D eigenvalue weighted by Gasteiger charge is -2.39. The normalized spacial score (nSPS) is 19.5. The van der Waals surface area contributed by atoms with Gasteiger partial charge in [-0.25, -0.2) is 0 Å². The Bertz CT molecular complexity index is 1040. The fourth-order valence-electron chi connectivity index (χ4n) is 4.42. The van der Waals surface area contributed by atoms with Crippen LogP contribution in [0.25, 0.3) is 11.1 Å². The van der Waals surface area contributed by atoms with Gasteiger partial charge in [0.15, 0.2) is 0 Å². The van der Waals surface area contributed by atoms with Crippen LogP contribution >= 0.6 is 22.9 Å². The van der Waals surface area contributed by atoms with Gasteiger partial charge in [-0.1, -0.05) is 54.1 Å². The Balaban J connectivity index is 1.36. The molecule has 0 saturated carbocycles. The van der Waals surface area contributed by atoms with E-state index in [9.17, 15) is 0 Å². The number of aryl methyl sites for hydroxylation is 1. The van der Waals surface area contributed by atoms with E-state index in [4.69, 9.17) is 16.6 Å². The van der Waals surface area contributed by atoms with Crippen LogP contribution in [0.1, 0.15) is 22.2 Å². The van der Waals surface area contributed by atoms with Crippen molar-refractivity contribution in [1.82, 2.24) is 9.80 Å². The number of anilines is 1. The maximum absolute atomic E-state index is 6.13. The third-order valence-electron chi connectivity index (χ3n) is 5.93. The standard InChI is InChI=1S/C24H25ClN4S/c1-17-21(19-7-9-20(25)10-8-19)22-23(26-16-27-24(22)30-17)29-13-11-28(12-14-29)15-18-5-3-2-4-6-18/h2-10,16,23H,11-15H2,1H3,(H,26,27). The molecule has 5 rings (SSSR count). The molecule has 2 aliphatic rings. The van der Waals surface area contributed by atoms with Gasteiger partial charge in [-0.15, -0.1) is 11.3 Å². The highest BCUT2D eigenvalue weighted by Crippen LogP contribution is 2.46. The van der Waals surface area contributed by atoms with Gasteiger partial charge in [0.05, 0.1) is 6.34 Å². The summed E-state index contributed by atoms with van der Waals surface area (Å²) in [6, 6.07) is 18.9. The third kappa shape index (κ3) is 3.91. The van der Waals surface area contributed by atoms with E-state index in [1.165, 1.54) is 32.1 Å². The van der Waals surface area contributed by atoms with Gasteiger partial charge in [0, 0.05) is 53.8 Å². The summed E-state index contributed by atoms with van der Waals surface area (Å²) in [6.07, 6.45) is 1.93. The number of halogens is 1. The molecule has 6 heteroatoms. The SMILES string of the molecule is Cc1sc2c(c1-c1ccc(Cl)cc1)C(N1CCN(Cc3ccccc3)CC1)N=CN2. The number of nitrogens with zero attached hydrogens (tertiary/aromatic N) is 3. The zero-order valence-corrected chi connectivity index (χ0v) is 18.6. The molecule has 154 valence electrons. The first-order chi connectivity index (χ1) is 14.7. The molecule has 1 saturated heterocycles. The Morgan fingerprint density at radius 2 is 1.77 bits per heavy atom. The smallest absolute Gasteiger partial charge is 0.133 e. The Morgan fingerprint density at radius 3 is 2.50 bits per heavy atom. The summed E-state index contributed by atoms with van der Waals surface area (Å²) in [4.78, 5) is 11.2. The Labute approximate surface area is 186 Å². The van der Waals surface area contributed by atoms with Gasteiger partial charge in [0.1, 0.15) is 11.2 Å². The highest BCUT2D eigenvalue weighted by molar-refractivity contribution is 7.17. The summed E-state index contributed by atoms with van der Waals surface area (Å²) < 4.78 is 0. The van der Waals surface area contributed by atoms with Crippen molar-refractivity contribution in [2.24, 2.45) is 4.99 Å². The summed E-state index contributed by atoms with van der Waals surface area (Å²) >= 11 is 7.95. The van der Waals surface area contributed by atoms with Crippen molar-refractivity contribution >= 4 is 34.3 Å². The van der Waals surface area contributed by atoms with Gasteiger partial charge >= 0.3 is 0 Å². The van der Waals surface area contributed by atoms with Gasteiger partial charge in [-0.2, -0.15) is 0 Å². The number of hydrogen-bond donors (Lipinski definition) is 1. The van der Waals surface area contributed by atoms with Crippen molar-refractivity contribution in [2.45, 2.75) is 19.6 Å². The van der Waals surface area contributed by atoms with Crippen LogP contribution in [0.4, 0.5) is 5.00 Å². The molecule has 0 radical (unpaired) electrons. The number of nitrogens with one attached hydrogen (secondary N) is 1. The van der Waals surface area contributed by atoms with Crippen molar-refractivity contribution in [3.63, 3.8) is 0 Å². The minimum absolute atomic E-state index is 0.0655. The molecule has 0 spiro atoms. The fourth-order valence-corrected chi connectivity index (χ4v) is 5.61. The summed E-state index contributed by atoms with van der Waals surface area (Å²) in [5.74, 6) is 0. The predicted octanol–water partition coefficient (Wildman–Crippen LogP) is 5.65. The van der Waals surface area contributed by atoms with E-state index >= 15 is 0 Å². The second-order valence-electron chi connectivity index (χ2n) is 7.88. The van der Waals surface area contributed by atoms with E-state index in [2.05, 4.69) is 64.5 Å². The summed E-state index contributed by atoms with van der Waals surface area (Å²) in [6.45, 7) is 7.37. The zero-order valence-electron chi connectivity index (χ0n) is 17.0. The van der Waals surface area contributed by atoms with Gasteiger partial charge < -0.3 is 5.32 Å². The minimum Gasteiger partial charge on any atom is -0.338 e. The summed E-state index contributed by atoms with van der Waals surface area (Å²) in [5.41, 5.74) is 5.19. The highest BCUT2D eigenvalue weighted by Gasteiger charge is 2.32. The van der Waals surface area contributed by atoms with Crippen molar-refractivity contribution in [2.75, 3.05) is 31.5 Å². The number of benzene rings is 2. The molecule has 4 nitrogen and oxygen atoms in total. The molecule has 3 aromatic rings. The van der Waals surface area contributed by atoms with Crippen LogP contribution < -0.4 is 5.32 Å². The molecule has 2 aliphatic heterocycles. The molecule has 1 unspecified atom stereocenters. The van der Waals surface area contributed by atoms with E-state index in [1.807, 2.05) is 29.8 Å². The van der Waals surface area contributed by atoms with E-state index < -0.39 is 0 Å². The maximum atomic E-state index is 6.13. The van der Waals surface area contributed by atoms with Crippen LogP contribution in [-0.2, 0) is 6.54 Å². The quantitative estimate of drug-likeness (QED) is 0.573. The largest absolute Gasteiger partial charge is 0.338 e. The number of thiophene rings is 1. The molecule has 0 aliphatic carbocycles. The number of hydrogen-bond acceptors (Lipinski definition) is 5. The van der Waals surface area contributed by atoms with Crippen molar-refractivity contribution in [3.8, 4) is 11.1 Å². The first kappa shape index (κ1) is 19.8. The average Bonchev–Trinajstić information content (AvgIpc) is 3.11. The fraction of sp³-hybridized carbons (Fsp3) is 0.292. The number of fused-ring (bicyclic) bond motifs is 1. The molecule has 1 aromatic heterocycles. The Kier molecular flexibility index (Phi) is 5.61. The van der Waals surface area contributed by atoms with Crippen molar-refractivity contribution in [1.29, 1.82) is 0 Å². The highest BCUT2D eigenvalue weighted by atomic mass is 35.5. The Morgan fingerprint density at radius 1 is 1.03 bits per heavy atom. The van der Waals surface area contributed by atoms with E-state index in [1.54, 1.807) is 0 Å². The molecule has 1 N–H and O–H groups in total. The van der Waals surface area contributed by atoms with E-state index in [0.29, 0.717) is 0 Å². The van der Waals surface area contributed by atoms with Crippen molar-refractivity contribution < 1.29 is 0 Å². The number of aliphatic imine (C=N–C) groups is 1. The molecule has 0 amide bonds. The molecule has 0 bridgehead atoms. The molecular formula is C24H25ClN4S. The molecular weight excluding hydrogens is 412 g/mol.